The lowest BCUT2D eigenvalue weighted by Gasteiger charge is -2.21. The van der Waals surface area contributed by atoms with Gasteiger partial charge in [0.1, 0.15) is 16.5 Å². The minimum Gasteiger partial charge on any atom is -0.500 e. The van der Waals surface area contributed by atoms with Crippen molar-refractivity contribution in [1.82, 2.24) is 9.97 Å². The number of hydrogen-bond acceptors (Lipinski definition) is 9. The fourth-order valence-electron chi connectivity index (χ4n) is 2.53. The zero-order chi connectivity index (χ0) is 21.4. The van der Waals surface area contributed by atoms with Crippen LogP contribution in [0, 0.1) is 5.92 Å². The molecule has 3 atom stereocenters. The molecular weight excluding hydrogens is 412 g/mol. The molecule has 0 bridgehead atoms. The molecule has 0 unspecified atom stereocenters. The van der Waals surface area contributed by atoms with E-state index in [-0.39, 0.29) is 24.5 Å². The summed E-state index contributed by atoms with van der Waals surface area (Å²) in [5.41, 5.74) is 1.61. The van der Waals surface area contributed by atoms with Crippen LogP contribution in [-0.4, -0.2) is 55.1 Å². The number of aromatic nitrogens is 2. The van der Waals surface area contributed by atoms with Crippen molar-refractivity contribution in [2.24, 2.45) is 5.92 Å². The molecular formula is C20H26N2O5S2. The fourth-order valence-corrected chi connectivity index (χ4v) is 4.20. The van der Waals surface area contributed by atoms with Gasteiger partial charge in [0.15, 0.2) is 0 Å². The van der Waals surface area contributed by atoms with Crippen LogP contribution in [0.2, 0.25) is 0 Å². The number of nitrogens with zero attached hydrogens (tertiary/aromatic N) is 2. The van der Waals surface area contributed by atoms with Crippen molar-refractivity contribution in [3.8, 4) is 10.7 Å². The van der Waals surface area contributed by atoms with E-state index >= 15 is 0 Å². The van der Waals surface area contributed by atoms with Crippen molar-refractivity contribution in [1.29, 1.82) is 0 Å². The van der Waals surface area contributed by atoms with E-state index < -0.39 is 5.97 Å². The van der Waals surface area contributed by atoms with Crippen LogP contribution in [0.3, 0.4) is 0 Å². The highest BCUT2D eigenvalue weighted by Gasteiger charge is 2.21. The Kier molecular flexibility index (Phi) is 8.97. The number of esters is 1. The third-order valence-corrected chi connectivity index (χ3v) is 6.29. The van der Waals surface area contributed by atoms with Crippen LogP contribution in [0.4, 0.5) is 0 Å². The van der Waals surface area contributed by atoms with Crippen molar-refractivity contribution in [3.05, 3.63) is 39.4 Å². The van der Waals surface area contributed by atoms with Crippen LogP contribution in [0.25, 0.3) is 16.8 Å². The molecule has 9 heteroatoms. The SMILES string of the molecule is COC(=O)/C=C(/OC)[C@H](C)[C@H](/C=C/c1csc(-c2csc([C@H](C)CO)n2)n1)OC. The van der Waals surface area contributed by atoms with Gasteiger partial charge in [-0.25, -0.2) is 14.8 Å². The van der Waals surface area contributed by atoms with Gasteiger partial charge in [0, 0.05) is 29.7 Å². The number of carbonyl (C=O) groups is 1. The number of carbonyl (C=O) groups excluding carboxylic acids is 1. The van der Waals surface area contributed by atoms with Gasteiger partial charge in [-0.05, 0) is 6.08 Å². The summed E-state index contributed by atoms with van der Waals surface area (Å²) in [7, 11) is 4.43. The summed E-state index contributed by atoms with van der Waals surface area (Å²) in [6.45, 7) is 3.92. The van der Waals surface area contributed by atoms with Gasteiger partial charge < -0.3 is 19.3 Å². The van der Waals surface area contributed by atoms with Gasteiger partial charge in [-0.3, -0.25) is 0 Å². The maximum atomic E-state index is 11.5. The first kappa shape index (κ1) is 23.2. The van der Waals surface area contributed by atoms with Gasteiger partial charge in [0.05, 0.1) is 43.7 Å². The lowest BCUT2D eigenvalue weighted by molar-refractivity contribution is -0.135. The van der Waals surface area contributed by atoms with Crippen molar-refractivity contribution >= 4 is 34.7 Å². The number of thiazole rings is 2. The standard InChI is InChI=1S/C20H26N2O5S2/c1-12(9-23)19-22-15(11-29-19)20-21-14(10-28-20)6-7-16(25-3)13(2)17(26-4)8-18(24)27-5/h6-8,10-13,16,23H,9H2,1-5H3/b7-6+,17-8+/t12-,13-,16+/m1/s1. The Morgan fingerprint density at radius 1 is 1.17 bits per heavy atom. The second-order valence-electron chi connectivity index (χ2n) is 6.35. The van der Waals surface area contributed by atoms with Crippen LogP contribution >= 0.6 is 22.7 Å². The molecule has 0 saturated carbocycles. The van der Waals surface area contributed by atoms with Gasteiger partial charge in [-0.1, -0.05) is 19.9 Å². The van der Waals surface area contributed by atoms with E-state index in [1.807, 2.05) is 36.8 Å². The third kappa shape index (κ3) is 6.20. The highest BCUT2D eigenvalue weighted by atomic mass is 32.1. The Hall–Kier alpha value is -2.07. The molecule has 0 aromatic carbocycles. The molecule has 0 saturated heterocycles. The Morgan fingerprint density at radius 2 is 1.93 bits per heavy atom. The minimum atomic E-state index is -0.477. The molecule has 158 valence electrons. The van der Waals surface area contributed by atoms with Gasteiger partial charge in [-0.2, -0.15) is 0 Å². The van der Waals surface area contributed by atoms with Crippen LogP contribution in [-0.2, 0) is 19.0 Å². The van der Waals surface area contributed by atoms with E-state index in [1.54, 1.807) is 7.11 Å². The summed E-state index contributed by atoms with van der Waals surface area (Å²) < 4.78 is 15.5. The molecule has 2 aromatic rings. The average Bonchev–Trinajstić information content (AvgIpc) is 3.41. The van der Waals surface area contributed by atoms with E-state index in [1.165, 1.54) is 43.0 Å². The first-order valence-corrected chi connectivity index (χ1v) is 10.8. The first-order chi connectivity index (χ1) is 13.9. The maximum absolute atomic E-state index is 11.5. The van der Waals surface area contributed by atoms with Crippen LogP contribution < -0.4 is 0 Å². The predicted molar refractivity (Wildman–Crippen MR) is 115 cm³/mol. The lowest BCUT2D eigenvalue weighted by Crippen LogP contribution is -2.21. The molecule has 2 heterocycles. The highest BCUT2D eigenvalue weighted by Crippen LogP contribution is 2.29. The largest absolute Gasteiger partial charge is 0.500 e. The van der Waals surface area contributed by atoms with Crippen LogP contribution in [0.5, 0.6) is 0 Å². The zero-order valence-electron chi connectivity index (χ0n) is 17.1. The Balaban J connectivity index is 2.13. The van der Waals surface area contributed by atoms with Crippen molar-refractivity contribution in [3.63, 3.8) is 0 Å². The third-order valence-electron chi connectivity index (χ3n) is 4.33. The molecule has 0 spiro atoms. The average molecular weight is 439 g/mol. The fraction of sp³-hybridized carbons (Fsp3) is 0.450. The van der Waals surface area contributed by atoms with Crippen LogP contribution in [0.1, 0.15) is 30.5 Å². The van der Waals surface area contributed by atoms with E-state index in [9.17, 15) is 9.90 Å². The minimum absolute atomic E-state index is 0.0186. The molecule has 2 rings (SSSR count). The first-order valence-electron chi connectivity index (χ1n) is 9.00. The van der Waals surface area contributed by atoms with E-state index in [4.69, 9.17) is 9.47 Å². The maximum Gasteiger partial charge on any atom is 0.333 e. The van der Waals surface area contributed by atoms with E-state index in [0.29, 0.717) is 5.76 Å². The number of aliphatic hydroxyl groups excluding tert-OH is 1. The molecule has 2 aromatic heterocycles. The summed E-state index contributed by atoms with van der Waals surface area (Å²) in [5, 5.41) is 14.9. The number of ether oxygens (including phenoxy) is 3. The molecule has 0 aliphatic heterocycles. The molecule has 0 aliphatic rings. The summed E-state index contributed by atoms with van der Waals surface area (Å²) in [6.07, 6.45) is 4.76. The van der Waals surface area contributed by atoms with Crippen molar-refractivity contribution in [2.75, 3.05) is 27.9 Å². The second kappa shape index (κ2) is 11.2. The molecule has 0 radical (unpaired) electrons. The highest BCUT2D eigenvalue weighted by molar-refractivity contribution is 7.14. The summed E-state index contributed by atoms with van der Waals surface area (Å²) >= 11 is 3.03. The van der Waals surface area contributed by atoms with Gasteiger partial charge in [0.2, 0.25) is 0 Å². The van der Waals surface area contributed by atoms with Gasteiger partial charge in [-0.15, -0.1) is 22.7 Å². The predicted octanol–water partition coefficient (Wildman–Crippen LogP) is 3.73. The molecule has 0 amide bonds. The topological polar surface area (TPSA) is 90.8 Å². The number of rotatable bonds is 10. The Labute approximate surface area is 178 Å². The number of methoxy groups -OCH3 is 3. The molecule has 1 N–H and O–H groups in total. The monoisotopic (exact) mass is 438 g/mol. The van der Waals surface area contributed by atoms with E-state index in [0.717, 1.165) is 21.4 Å². The van der Waals surface area contributed by atoms with Gasteiger partial charge >= 0.3 is 5.97 Å². The zero-order valence-corrected chi connectivity index (χ0v) is 18.8. The normalized spacial score (nSPS) is 15.3. The quantitative estimate of drug-likeness (QED) is 0.343. The number of hydrogen-bond donors (Lipinski definition) is 1. The van der Waals surface area contributed by atoms with Crippen molar-refractivity contribution < 1.29 is 24.1 Å². The Bertz CT molecular complexity index is 859. The van der Waals surface area contributed by atoms with Crippen molar-refractivity contribution in [2.45, 2.75) is 25.9 Å². The second-order valence-corrected chi connectivity index (χ2v) is 8.10. The molecule has 29 heavy (non-hydrogen) atoms. The molecule has 7 nitrogen and oxygen atoms in total. The summed E-state index contributed by atoms with van der Waals surface area (Å²) in [6, 6.07) is 0. The summed E-state index contributed by atoms with van der Waals surface area (Å²) in [5.74, 6) is -0.181. The Morgan fingerprint density at radius 3 is 2.55 bits per heavy atom. The van der Waals surface area contributed by atoms with Gasteiger partial charge in [0.25, 0.3) is 0 Å². The van der Waals surface area contributed by atoms with E-state index in [2.05, 4.69) is 14.7 Å². The summed E-state index contributed by atoms with van der Waals surface area (Å²) in [4.78, 5) is 20.7. The molecule has 0 fully saturated rings. The number of aliphatic hydroxyl groups is 1. The van der Waals surface area contributed by atoms with Crippen LogP contribution in [0.15, 0.2) is 28.7 Å². The lowest BCUT2D eigenvalue weighted by atomic mass is 10.0. The smallest absolute Gasteiger partial charge is 0.333 e. The molecule has 0 aliphatic carbocycles.